The second kappa shape index (κ2) is 7.52. The molecule has 2 aromatic rings. The molecule has 1 N–H and O–H groups in total. The number of fused-ring (bicyclic) bond motifs is 5. The average Bonchev–Trinajstić information content (AvgIpc) is 3.08. The van der Waals surface area contributed by atoms with Crippen LogP contribution in [0.1, 0.15) is 56.1 Å². The summed E-state index contributed by atoms with van der Waals surface area (Å²) in [5, 5.41) is 10.6. The molecule has 0 heterocycles. The van der Waals surface area contributed by atoms with Crippen molar-refractivity contribution in [2.24, 2.45) is 17.3 Å². The molecule has 0 aromatic heterocycles. The van der Waals surface area contributed by atoms with E-state index in [1.807, 2.05) is 12.1 Å². The monoisotopic (exact) mass is 442 g/mol. The zero-order chi connectivity index (χ0) is 21.8. The molecule has 0 bridgehead atoms. The van der Waals surface area contributed by atoms with Crippen LogP contribution >= 0.6 is 0 Å². The summed E-state index contributed by atoms with van der Waals surface area (Å²) in [6, 6.07) is 12.0. The lowest BCUT2D eigenvalue weighted by atomic mass is 9.55. The van der Waals surface area contributed by atoms with Crippen LogP contribution in [0.25, 0.3) is 0 Å². The summed E-state index contributed by atoms with van der Waals surface area (Å²) in [6.45, 7) is 2.27. The third-order valence-corrected chi connectivity index (χ3v) is 9.44. The summed E-state index contributed by atoms with van der Waals surface area (Å²) in [5.41, 5.74) is 2.46. The number of aliphatic hydroxyl groups is 1. The minimum Gasteiger partial charge on any atom is -0.493 e. The minimum atomic E-state index is -3.93. The highest BCUT2D eigenvalue weighted by atomic mass is 32.2. The summed E-state index contributed by atoms with van der Waals surface area (Å²) in [6.07, 6.45) is 5.86. The van der Waals surface area contributed by atoms with Crippen LogP contribution in [0.4, 0.5) is 0 Å². The van der Waals surface area contributed by atoms with Crippen LogP contribution in [-0.2, 0) is 16.5 Å². The summed E-state index contributed by atoms with van der Waals surface area (Å²) >= 11 is 0. The first-order valence-electron chi connectivity index (χ1n) is 11.2. The molecule has 166 valence electrons. The highest BCUT2D eigenvalue weighted by Gasteiger charge is 2.54. The van der Waals surface area contributed by atoms with Crippen molar-refractivity contribution in [3.05, 3.63) is 53.6 Å². The first-order valence-corrected chi connectivity index (χ1v) is 12.6. The Labute approximate surface area is 184 Å². The molecule has 5 nitrogen and oxygen atoms in total. The Hall–Kier alpha value is -2.05. The van der Waals surface area contributed by atoms with E-state index in [-0.39, 0.29) is 22.2 Å². The van der Waals surface area contributed by atoms with Crippen LogP contribution in [0.2, 0.25) is 0 Å². The summed E-state index contributed by atoms with van der Waals surface area (Å²) < 4.78 is 36.6. The van der Waals surface area contributed by atoms with Crippen LogP contribution in [-0.4, -0.2) is 26.7 Å². The second-order valence-corrected chi connectivity index (χ2v) is 11.2. The van der Waals surface area contributed by atoms with Gasteiger partial charge in [0.1, 0.15) is 4.90 Å². The second-order valence-electron chi connectivity index (χ2n) is 9.61. The van der Waals surface area contributed by atoms with E-state index in [0.29, 0.717) is 23.5 Å². The van der Waals surface area contributed by atoms with Gasteiger partial charge in [-0.05, 0) is 97.1 Å². The number of hydrogen-bond donors (Lipinski definition) is 1. The van der Waals surface area contributed by atoms with E-state index >= 15 is 0 Å². The molecule has 0 aliphatic heterocycles. The van der Waals surface area contributed by atoms with Gasteiger partial charge in [-0.1, -0.05) is 25.1 Å². The van der Waals surface area contributed by atoms with Crippen LogP contribution in [0, 0.1) is 17.3 Å². The van der Waals surface area contributed by atoms with Crippen molar-refractivity contribution in [2.45, 2.75) is 62.4 Å². The topological polar surface area (TPSA) is 72.8 Å². The molecule has 5 rings (SSSR count). The van der Waals surface area contributed by atoms with Gasteiger partial charge >= 0.3 is 10.1 Å². The predicted molar refractivity (Wildman–Crippen MR) is 118 cm³/mol. The van der Waals surface area contributed by atoms with Gasteiger partial charge in [-0.15, -0.1) is 0 Å². The highest BCUT2D eigenvalue weighted by Crippen LogP contribution is 2.61. The summed E-state index contributed by atoms with van der Waals surface area (Å²) in [4.78, 5) is 0.126. The first kappa shape index (κ1) is 20.8. The summed E-state index contributed by atoms with van der Waals surface area (Å²) in [7, 11) is -2.38. The van der Waals surface area contributed by atoms with E-state index in [0.717, 1.165) is 44.1 Å². The molecule has 5 atom stereocenters. The van der Waals surface area contributed by atoms with Gasteiger partial charge in [-0.3, -0.25) is 0 Å². The number of ether oxygens (including phenoxy) is 1. The molecule has 31 heavy (non-hydrogen) atoms. The third kappa shape index (κ3) is 3.35. The van der Waals surface area contributed by atoms with Crippen LogP contribution in [0.3, 0.4) is 0 Å². The number of hydrogen-bond acceptors (Lipinski definition) is 5. The fourth-order valence-corrected chi connectivity index (χ4v) is 7.48. The van der Waals surface area contributed by atoms with Crippen molar-refractivity contribution in [1.29, 1.82) is 0 Å². The maximum Gasteiger partial charge on any atom is 0.339 e. The molecule has 2 aromatic carbocycles. The van der Waals surface area contributed by atoms with E-state index in [4.69, 9.17) is 8.92 Å². The zero-order valence-corrected chi connectivity index (χ0v) is 18.9. The van der Waals surface area contributed by atoms with Crippen molar-refractivity contribution < 1.29 is 22.4 Å². The lowest BCUT2D eigenvalue weighted by molar-refractivity contribution is -0.0226. The molecule has 0 saturated heterocycles. The number of rotatable bonds is 4. The average molecular weight is 443 g/mol. The molecule has 0 radical (unpaired) electrons. The van der Waals surface area contributed by atoms with E-state index in [2.05, 4.69) is 6.92 Å². The number of aryl methyl sites for hydroxylation is 1. The SMILES string of the molecule is COc1cc2c(cc1OS(=O)(=O)c1ccccc1)CCC1C2CCC2(C)C1CC[C@@H]2O. The van der Waals surface area contributed by atoms with Gasteiger partial charge in [0.15, 0.2) is 11.5 Å². The molecule has 0 amide bonds. The molecule has 3 aliphatic rings. The van der Waals surface area contributed by atoms with E-state index in [1.165, 1.54) is 17.7 Å². The van der Waals surface area contributed by atoms with Crippen LogP contribution in [0.5, 0.6) is 11.5 Å². The maximum atomic E-state index is 12.8. The Balaban J connectivity index is 1.48. The Kier molecular flexibility index (Phi) is 5.05. The molecule has 3 aliphatic carbocycles. The number of benzene rings is 2. The fraction of sp³-hybridized carbons (Fsp3) is 0.520. The van der Waals surface area contributed by atoms with Gasteiger partial charge in [-0.2, -0.15) is 8.42 Å². The lowest BCUT2D eigenvalue weighted by Crippen LogP contribution is -2.43. The molecule has 0 spiro atoms. The van der Waals surface area contributed by atoms with Crippen LogP contribution < -0.4 is 8.92 Å². The van der Waals surface area contributed by atoms with E-state index in [1.54, 1.807) is 25.3 Å². The summed E-state index contributed by atoms with van der Waals surface area (Å²) in [5.74, 6) is 2.25. The van der Waals surface area contributed by atoms with Gasteiger partial charge in [0, 0.05) is 0 Å². The third-order valence-electron chi connectivity index (χ3n) is 8.19. The standard InChI is InChI=1S/C25H30O5S/c1-25-13-12-18-19(21(25)10-11-24(25)26)9-8-16-14-23(22(29-2)15-20(16)18)30-31(27,28)17-6-4-3-5-7-17/h3-7,14-15,18-19,21,24,26H,8-13H2,1-2H3/t18?,19?,21?,24-,25?/m0/s1. The fourth-order valence-electron chi connectivity index (χ4n) is 6.53. The Morgan fingerprint density at radius 3 is 2.55 bits per heavy atom. The molecule has 2 fully saturated rings. The Morgan fingerprint density at radius 1 is 1.03 bits per heavy atom. The van der Waals surface area contributed by atoms with Gasteiger partial charge < -0.3 is 14.0 Å². The predicted octanol–water partition coefficient (Wildman–Crippen LogP) is 4.68. The van der Waals surface area contributed by atoms with Crippen molar-refractivity contribution in [2.75, 3.05) is 7.11 Å². The minimum absolute atomic E-state index is 0.0373. The van der Waals surface area contributed by atoms with Crippen LogP contribution in [0.15, 0.2) is 47.4 Å². The largest absolute Gasteiger partial charge is 0.493 e. The van der Waals surface area contributed by atoms with Crippen molar-refractivity contribution in [1.82, 2.24) is 0 Å². The lowest BCUT2D eigenvalue weighted by Gasteiger charge is -2.50. The van der Waals surface area contributed by atoms with Gasteiger partial charge in [-0.25, -0.2) is 0 Å². The maximum absolute atomic E-state index is 12.8. The zero-order valence-electron chi connectivity index (χ0n) is 18.1. The Bertz CT molecular complexity index is 1080. The number of methoxy groups -OCH3 is 1. The smallest absolute Gasteiger partial charge is 0.339 e. The van der Waals surface area contributed by atoms with E-state index < -0.39 is 10.1 Å². The first-order chi connectivity index (χ1) is 14.8. The molecule has 6 heteroatoms. The molecule has 2 saturated carbocycles. The van der Waals surface area contributed by atoms with Gasteiger partial charge in [0.2, 0.25) is 0 Å². The van der Waals surface area contributed by atoms with Gasteiger partial charge in [0.05, 0.1) is 13.2 Å². The molecule has 4 unspecified atom stereocenters. The van der Waals surface area contributed by atoms with Crippen molar-refractivity contribution >= 4 is 10.1 Å². The quantitative estimate of drug-likeness (QED) is 0.696. The molecular formula is C25H30O5S. The Morgan fingerprint density at radius 2 is 1.81 bits per heavy atom. The highest BCUT2D eigenvalue weighted by molar-refractivity contribution is 7.87. The van der Waals surface area contributed by atoms with E-state index in [9.17, 15) is 13.5 Å². The van der Waals surface area contributed by atoms with Gasteiger partial charge in [0.25, 0.3) is 0 Å². The van der Waals surface area contributed by atoms with Crippen molar-refractivity contribution in [3.63, 3.8) is 0 Å². The number of aliphatic hydroxyl groups excluding tert-OH is 1. The normalized spacial score (nSPS) is 32.0. The van der Waals surface area contributed by atoms with Crippen molar-refractivity contribution in [3.8, 4) is 11.5 Å². The molecular weight excluding hydrogens is 412 g/mol.